The molecule has 1 heterocycles. The van der Waals surface area contributed by atoms with Crippen LogP contribution in [0.1, 0.15) is 40.1 Å². The highest BCUT2D eigenvalue weighted by Gasteiger charge is 2.29. The molecule has 0 saturated heterocycles. The lowest BCUT2D eigenvalue weighted by Crippen LogP contribution is -2.22. The first kappa shape index (κ1) is 29.5. The fourth-order valence-corrected chi connectivity index (χ4v) is 4.08. The number of rotatable bonds is 10. The molecule has 1 N–H and O–H groups in total. The van der Waals surface area contributed by atoms with Gasteiger partial charge in [-0.15, -0.1) is 0 Å². The van der Waals surface area contributed by atoms with Crippen LogP contribution < -0.4 is 19.8 Å². The predicted octanol–water partition coefficient (Wildman–Crippen LogP) is 4.48. The molecule has 0 radical (unpaired) electrons. The highest BCUT2D eigenvalue weighted by atomic mass is 16.5. The van der Waals surface area contributed by atoms with Crippen LogP contribution in [0.4, 0.5) is 11.4 Å². The zero-order chi connectivity index (χ0) is 30.2. The van der Waals surface area contributed by atoms with E-state index in [4.69, 9.17) is 18.9 Å². The number of carbonyl (C=O) groups excluding carboxylic acids is 4. The van der Waals surface area contributed by atoms with Crippen LogP contribution in [-0.4, -0.2) is 56.9 Å². The number of anilines is 2. The predicted molar refractivity (Wildman–Crippen MR) is 156 cm³/mol. The summed E-state index contributed by atoms with van der Waals surface area (Å²) in [7, 11) is 2.72. The third-order valence-corrected chi connectivity index (χ3v) is 6.15. The molecular weight excluding hydrogens is 542 g/mol. The van der Waals surface area contributed by atoms with Gasteiger partial charge in [-0.25, -0.2) is 9.59 Å². The van der Waals surface area contributed by atoms with Crippen LogP contribution in [0.2, 0.25) is 0 Å². The normalized spacial score (nSPS) is 13.4. The molecule has 4 rings (SSSR count). The lowest BCUT2D eigenvalue weighted by Gasteiger charge is -2.13. The summed E-state index contributed by atoms with van der Waals surface area (Å²) >= 11 is 0. The SMILES string of the molecule is CCOC(=O)c1ccc(N2N=C(C)C(=Cc3ccc(OCC(=O)Nc4ccccc4C(=O)OC)c(OC)c3)C2=O)cc1. The Morgan fingerprint density at radius 2 is 1.69 bits per heavy atom. The first-order chi connectivity index (χ1) is 20.2. The minimum Gasteiger partial charge on any atom is -0.493 e. The van der Waals surface area contributed by atoms with Crippen molar-refractivity contribution >= 4 is 46.9 Å². The molecule has 0 aromatic heterocycles. The Labute approximate surface area is 242 Å². The number of para-hydroxylation sites is 1. The molecule has 1 aliphatic rings. The van der Waals surface area contributed by atoms with Crippen LogP contribution in [0.5, 0.6) is 11.5 Å². The summed E-state index contributed by atoms with van der Waals surface area (Å²) in [6.45, 7) is 3.37. The number of hydrogen-bond donors (Lipinski definition) is 1. The second kappa shape index (κ2) is 13.3. The largest absolute Gasteiger partial charge is 0.493 e. The van der Waals surface area contributed by atoms with Crippen LogP contribution >= 0.6 is 0 Å². The Morgan fingerprint density at radius 3 is 2.38 bits per heavy atom. The monoisotopic (exact) mass is 571 g/mol. The number of benzene rings is 3. The summed E-state index contributed by atoms with van der Waals surface area (Å²) in [6.07, 6.45) is 1.68. The number of amides is 2. The minimum absolute atomic E-state index is 0.218. The van der Waals surface area contributed by atoms with Gasteiger partial charge in [0.1, 0.15) is 0 Å². The standard InChI is InChI=1S/C31H29N3O8/c1-5-41-30(37)21-11-13-22(14-12-21)34-29(36)24(19(2)33-34)16-20-10-15-26(27(17-20)39-3)42-18-28(35)32-25-9-7-6-8-23(25)31(38)40-4/h6-17H,5,18H2,1-4H3,(H,32,35). The molecule has 2 amide bonds. The first-order valence-corrected chi connectivity index (χ1v) is 12.9. The zero-order valence-corrected chi connectivity index (χ0v) is 23.5. The van der Waals surface area contributed by atoms with Gasteiger partial charge in [-0.05, 0) is 74.0 Å². The zero-order valence-electron chi connectivity index (χ0n) is 23.5. The van der Waals surface area contributed by atoms with Crippen molar-refractivity contribution < 1.29 is 38.1 Å². The van der Waals surface area contributed by atoms with Crippen LogP contribution in [-0.2, 0) is 19.1 Å². The molecule has 0 fully saturated rings. The third-order valence-electron chi connectivity index (χ3n) is 6.15. The van der Waals surface area contributed by atoms with Crippen LogP contribution in [0.3, 0.4) is 0 Å². The van der Waals surface area contributed by atoms with Gasteiger partial charge in [-0.3, -0.25) is 9.59 Å². The third kappa shape index (κ3) is 6.64. The maximum Gasteiger partial charge on any atom is 0.339 e. The van der Waals surface area contributed by atoms with Crippen molar-refractivity contribution in [2.45, 2.75) is 13.8 Å². The second-order valence-corrected chi connectivity index (χ2v) is 8.91. The highest BCUT2D eigenvalue weighted by molar-refractivity contribution is 6.32. The van der Waals surface area contributed by atoms with Gasteiger partial charge >= 0.3 is 11.9 Å². The summed E-state index contributed by atoms with van der Waals surface area (Å²) < 4.78 is 20.9. The summed E-state index contributed by atoms with van der Waals surface area (Å²) in [6, 6.07) is 17.9. The van der Waals surface area contributed by atoms with E-state index in [-0.39, 0.29) is 24.7 Å². The van der Waals surface area contributed by atoms with E-state index in [1.165, 1.54) is 19.2 Å². The van der Waals surface area contributed by atoms with Crippen LogP contribution in [0.15, 0.2) is 77.4 Å². The maximum atomic E-state index is 13.2. The Balaban J connectivity index is 1.44. The average molecular weight is 572 g/mol. The van der Waals surface area contributed by atoms with Gasteiger partial charge in [-0.2, -0.15) is 10.1 Å². The van der Waals surface area contributed by atoms with E-state index < -0.39 is 17.8 Å². The topological polar surface area (TPSA) is 133 Å². The quantitative estimate of drug-likeness (QED) is 0.278. The Hall–Kier alpha value is -5.45. The van der Waals surface area contributed by atoms with E-state index in [2.05, 4.69) is 10.4 Å². The van der Waals surface area contributed by atoms with Crippen molar-refractivity contribution in [2.24, 2.45) is 5.10 Å². The molecule has 0 saturated carbocycles. The molecular formula is C31H29N3O8. The Bertz CT molecular complexity index is 1580. The lowest BCUT2D eigenvalue weighted by molar-refractivity contribution is -0.118. The maximum absolute atomic E-state index is 13.2. The number of ether oxygens (including phenoxy) is 4. The van der Waals surface area contributed by atoms with Crippen molar-refractivity contribution in [3.05, 3.63) is 89.0 Å². The smallest absolute Gasteiger partial charge is 0.339 e. The van der Waals surface area contributed by atoms with Crippen LogP contribution in [0.25, 0.3) is 6.08 Å². The summed E-state index contributed by atoms with van der Waals surface area (Å²) in [5.74, 6) is -1.18. The molecule has 3 aromatic carbocycles. The molecule has 0 spiro atoms. The average Bonchev–Trinajstić information content (AvgIpc) is 3.28. The summed E-state index contributed by atoms with van der Waals surface area (Å²) in [5, 5.41) is 8.29. The fraction of sp³-hybridized carbons (Fsp3) is 0.194. The van der Waals surface area contributed by atoms with Gasteiger partial charge in [-0.1, -0.05) is 18.2 Å². The molecule has 216 valence electrons. The van der Waals surface area contributed by atoms with E-state index >= 15 is 0 Å². The molecule has 11 nitrogen and oxygen atoms in total. The number of hydrazone groups is 1. The number of hydrogen-bond acceptors (Lipinski definition) is 9. The molecule has 1 aliphatic heterocycles. The van der Waals surface area contributed by atoms with Gasteiger partial charge in [0.05, 0.1) is 54.6 Å². The van der Waals surface area contributed by atoms with E-state index in [0.717, 1.165) is 0 Å². The fourth-order valence-electron chi connectivity index (χ4n) is 4.08. The Kier molecular flexibility index (Phi) is 9.33. The number of nitrogens with zero attached hydrogens (tertiary/aromatic N) is 2. The van der Waals surface area contributed by atoms with Gasteiger partial charge in [0.15, 0.2) is 18.1 Å². The Morgan fingerprint density at radius 1 is 0.952 bits per heavy atom. The van der Waals surface area contributed by atoms with Crippen molar-refractivity contribution in [1.82, 2.24) is 0 Å². The van der Waals surface area contributed by atoms with Crippen molar-refractivity contribution in [1.29, 1.82) is 0 Å². The molecule has 0 bridgehead atoms. The molecule has 0 aliphatic carbocycles. The van der Waals surface area contributed by atoms with Gasteiger partial charge < -0.3 is 24.3 Å². The molecule has 11 heteroatoms. The van der Waals surface area contributed by atoms with Gasteiger partial charge in [0, 0.05) is 0 Å². The van der Waals surface area contributed by atoms with Gasteiger partial charge in [0.25, 0.3) is 11.8 Å². The van der Waals surface area contributed by atoms with E-state index in [0.29, 0.717) is 45.3 Å². The number of methoxy groups -OCH3 is 2. The second-order valence-electron chi connectivity index (χ2n) is 8.91. The number of nitrogens with one attached hydrogen (secondary N) is 1. The number of esters is 2. The van der Waals surface area contributed by atoms with Crippen molar-refractivity contribution in [3.63, 3.8) is 0 Å². The lowest BCUT2D eigenvalue weighted by atomic mass is 10.1. The summed E-state index contributed by atoms with van der Waals surface area (Å²) in [5.41, 5.74) is 2.94. The van der Waals surface area contributed by atoms with E-state index in [9.17, 15) is 19.2 Å². The molecule has 0 atom stereocenters. The first-order valence-electron chi connectivity index (χ1n) is 12.9. The van der Waals surface area contributed by atoms with E-state index in [1.54, 1.807) is 86.7 Å². The van der Waals surface area contributed by atoms with E-state index in [1.807, 2.05) is 0 Å². The summed E-state index contributed by atoms with van der Waals surface area (Å²) in [4.78, 5) is 49.6. The molecule has 3 aromatic rings. The number of carbonyl (C=O) groups is 4. The van der Waals surface area contributed by atoms with Crippen molar-refractivity contribution in [2.75, 3.05) is 37.8 Å². The van der Waals surface area contributed by atoms with Crippen LogP contribution in [0, 0.1) is 0 Å². The highest BCUT2D eigenvalue weighted by Crippen LogP contribution is 2.31. The van der Waals surface area contributed by atoms with Gasteiger partial charge in [0.2, 0.25) is 0 Å². The van der Waals surface area contributed by atoms with Crippen molar-refractivity contribution in [3.8, 4) is 11.5 Å². The molecule has 0 unspecified atom stereocenters. The minimum atomic E-state index is -0.575. The molecule has 42 heavy (non-hydrogen) atoms.